The van der Waals surface area contributed by atoms with Crippen molar-refractivity contribution in [3.8, 4) is 17.2 Å². The lowest BCUT2D eigenvalue weighted by molar-refractivity contribution is 0.0729. The molecule has 0 aliphatic heterocycles. The molecule has 0 bridgehead atoms. The lowest BCUT2D eigenvalue weighted by Gasteiger charge is -2.11. The third-order valence-corrected chi connectivity index (χ3v) is 5.48. The van der Waals surface area contributed by atoms with Crippen LogP contribution in [0.15, 0.2) is 76.6 Å². The van der Waals surface area contributed by atoms with Crippen LogP contribution in [0, 0.1) is 6.92 Å². The van der Waals surface area contributed by atoms with Crippen molar-refractivity contribution in [2.75, 3.05) is 13.7 Å². The van der Waals surface area contributed by atoms with E-state index in [4.69, 9.17) is 14.2 Å². The lowest BCUT2D eigenvalue weighted by Crippen LogP contribution is -2.20. The summed E-state index contributed by atoms with van der Waals surface area (Å²) in [4.78, 5) is 29.9. The highest BCUT2D eigenvalue weighted by Crippen LogP contribution is 2.28. The molecule has 0 aliphatic carbocycles. The van der Waals surface area contributed by atoms with Gasteiger partial charge in [0.25, 0.3) is 5.56 Å². The Labute approximate surface area is 208 Å². The molecule has 4 rings (SSSR count). The number of aromatic nitrogens is 2. The van der Waals surface area contributed by atoms with Crippen LogP contribution in [0.2, 0.25) is 0 Å². The van der Waals surface area contributed by atoms with Crippen molar-refractivity contribution in [2.45, 2.75) is 26.7 Å². The minimum atomic E-state index is -0.515. The average Bonchev–Trinajstić information content (AvgIpc) is 2.89. The number of methoxy groups -OCH3 is 1. The fraction of sp³-hybridized carbons (Fsp3) is 0.214. The van der Waals surface area contributed by atoms with E-state index in [1.54, 1.807) is 67.6 Å². The molecule has 0 spiro atoms. The largest absolute Gasteiger partial charge is 0.494 e. The van der Waals surface area contributed by atoms with Crippen molar-refractivity contribution in [3.63, 3.8) is 0 Å². The van der Waals surface area contributed by atoms with Gasteiger partial charge in [-0.25, -0.2) is 9.78 Å². The number of benzene rings is 3. The number of esters is 1. The van der Waals surface area contributed by atoms with Crippen molar-refractivity contribution in [1.29, 1.82) is 0 Å². The molecular weight excluding hydrogens is 458 g/mol. The van der Waals surface area contributed by atoms with Gasteiger partial charge in [-0.2, -0.15) is 9.78 Å². The number of nitrogens with zero attached hydrogens (tertiary/aromatic N) is 3. The molecule has 0 radical (unpaired) electrons. The van der Waals surface area contributed by atoms with E-state index in [1.165, 1.54) is 18.0 Å². The second kappa shape index (κ2) is 11.3. The summed E-state index contributed by atoms with van der Waals surface area (Å²) in [6, 6.07) is 18.9. The van der Waals surface area contributed by atoms with Crippen molar-refractivity contribution < 1.29 is 19.0 Å². The highest BCUT2D eigenvalue weighted by atomic mass is 16.6. The summed E-state index contributed by atoms with van der Waals surface area (Å²) in [6.07, 6.45) is 3.55. The molecule has 0 fully saturated rings. The van der Waals surface area contributed by atoms with E-state index >= 15 is 0 Å². The van der Waals surface area contributed by atoms with Crippen molar-refractivity contribution in [2.24, 2.45) is 5.10 Å². The van der Waals surface area contributed by atoms with Gasteiger partial charge in [0.2, 0.25) is 0 Å². The standard InChI is InChI=1S/C28H27N3O5/c1-4-5-16-35-22-13-11-21(12-14-22)28(33)36-25-15-10-20(17-26(25)34-3)18-29-31-19(2)30-24-9-7-6-8-23(24)27(31)32/h6-15,17-18H,4-5,16H2,1-3H3/b29-18+. The SMILES string of the molecule is CCCCOc1ccc(C(=O)Oc2ccc(/C=N/n3c(C)nc4ccccc4c3=O)cc2OC)cc1. The molecule has 0 saturated carbocycles. The maximum Gasteiger partial charge on any atom is 0.343 e. The molecule has 0 saturated heterocycles. The van der Waals surface area contributed by atoms with Crippen LogP contribution in [0.5, 0.6) is 17.2 Å². The molecule has 0 N–H and O–H groups in total. The Bertz CT molecular complexity index is 1460. The lowest BCUT2D eigenvalue weighted by atomic mass is 10.2. The van der Waals surface area contributed by atoms with Crippen LogP contribution in [0.4, 0.5) is 0 Å². The molecule has 8 heteroatoms. The summed E-state index contributed by atoms with van der Waals surface area (Å²) in [5.74, 6) is 1.28. The molecule has 36 heavy (non-hydrogen) atoms. The third-order valence-electron chi connectivity index (χ3n) is 5.48. The third kappa shape index (κ3) is 5.60. The number of fused-ring (bicyclic) bond motifs is 1. The molecule has 1 heterocycles. The fourth-order valence-electron chi connectivity index (χ4n) is 3.52. The van der Waals surface area contributed by atoms with Crippen LogP contribution in [0.25, 0.3) is 10.9 Å². The van der Waals surface area contributed by atoms with Gasteiger partial charge in [-0.3, -0.25) is 4.79 Å². The van der Waals surface area contributed by atoms with Gasteiger partial charge in [0.1, 0.15) is 11.6 Å². The van der Waals surface area contributed by atoms with E-state index in [2.05, 4.69) is 17.0 Å². The number of para-hydroxylation sites is 1. The van der Waals surface area contributed by atoms with E-state index in [-0.39, 0.29) is 11.3 Å². The maximum absolute atomic E-state index is 12.8. The summed E-state index contributed by atoms with van der Waals surface area (Å²) < 4.78 is 17.8. The Hall–Kier alpha value is -4.46. The maximum atomic E-state index is 12.8. The van der Waals surface area contributed by atoms with E-state index in [1.807, 2.05) is 6.07 Å². The van der Waals surface area contributed by atoms with Crippen molar-refractivity contribution >= 4 is 23.1 Å². The summed E-state index contributed by atoms with van der Waals surface area (Å²) >= 11 is 0. The Morgan fingerprint density at radius 1 is 1.06 bits per heavy atom. The second-order valence-electron chi connectivity index (χ2n) is 8.06. The number of carbonyl (C=O) groups excluding carboxylic acids is 1. The minimum absolute atomic E-state index is 0.256. The van der Waals surface area contributed by atoms with E-state index in [9.17, 15) is 9.59 Å². The van der Waals surface area contributed by atoms with Crippen LogP contribution in [-0.4, -0.2) is 35.6 Å². The van der Waals surface area contributed by atoms with Crippen LogP contribution in [-0.2, 0) is 0 Å². The molecule has 0 aliphatic rings. The first-order valence-corrected chi connectivity index (χ1v) is 11.7. The van der Waals surface area contributed by atoms with Crippen LogP contribution >= 0.6 is 0 Å². The zero-order chi connectivity index (χ0) is 25.5. The molecule has 4 aromatic rings. The highest BCUT2D eigenvalue weighted by molar-refractivity contribution is 5.91. The van der Waals surface area contributed by atoms with Crippen LogP contribution in [0.3, 0.4) is 0 Å². The predicted molar refractivity (Wildman–Crippen MR) is 139 cm³/mol. The summed E-state index contributed by atoms with van der Waals surface area (Å²) in [6.45, 7) is 4.46. The van der Waals surface area contributed by atoms with Crippen LogP contribution in [0.1, 0.15) is 41.5 Å². The Morgan fingerprint density at radius 2 is 1.83 bits per heavy atom. The van der Waals surface area contributed by atoms with Gasteiger partial charge < -0.3 is 14.2 Å². The first-order valence-electron chi connectivity index (χ1n) is 11.7. The van der Waals surface area contributed by atoms with Crippen molar-refractivity contribution in [1.82, 2.24) is 9.66 Å². The number of unbranched alkanes of at least 4 members (excludes halogenated alkanes) is 1. The molecule has 0 atom stereocenters. The minimum Gasteiger partial charge on any atom is -0.494 e. The molecular formula is C28H27N3O5. The zero-order valence-corrected chi connectivity index (χ0v) is 20.4. The molecule has 3 aromatic carbocycles. The first kappa shape index (κ1) is 24.7. The molecule has 1 aromatic heterocycles. The molecule has 184 valence electrons. The number of hydrogen-bond donors (Lipinski definition) is 0. The van der Waals surface area contributed by atoms with Gasteiger partial charge in [-0.1, -0.05) is 25.5 Å². The van der Waals surface area contributed by atoms with Gasteiger partial charge in [0.05, 0.1) is 36.4 Å². The number of hydrogen-bond acceptors (Lipinski definition) is 7. The number of rotatable bonds is 9. The average molecular weight is 486 g/mol. The zero-order valence-electron chi connectivity index (χ0n) is 20.4. The van der Waals surface area contributed by atoms with Gasteiger partial charge in [-0.05, 0) is 73.5 Å². The summed E-state index contributed by atoms with van der Waals surface area (Å²) in [5.41, 5.74) is 1.41. The summed E-state index contributed by atoms with van der Waals surface area (Å²) in [7, 11) is 1.48. The topological polar surface area (TPSA) is 92.0 Å². The monoisotopic (exact) mass is 485 g/mol. The smallest absolute Gasteiger partial charge is 0.343 e. The normalized spacial score (nSPS) is 11.1. The Kier molecular flexibility index (Phi) is 7.75. The Balaban J connectivity index is 1.50. The number of carbonyl (C=O) groups is 1. The molecule has 0 amide bonds. The van der Waals surface area contributed by atoms with Gasteiger partial charge in [-0.15, -0.1) is 0 Å². The summed E-state index contributed by atoms with van der Waals surface area (Å²) in [5, 5.41) is 4.80. The van der Waals surface area contributed by atoms with Crippen LogP contribution < -0.4 is 19.8 Å². The Morgan fingerprint density at radius 3 is 2.58 bits per heavy atom. The van der Waals surface area contributed by atoms with Gasteiger partial charge in [0.15, 0.2) is 11.5 Å². The quantitative estimate of drug-likeness (QED) is 0.143. The van der Waals surface area contributed by atoms with Gasteiger partial charge >= 0.3 is 5.97 Å². The molecule has 0 unspecified atom stereocenters. The van der Waals surface area contributed by atoms with E-state index in [0.29, 0.717) is 46.0 Å². The van der Waals surface area contributed by atoms with E-state index < -0.39 is 5.97 Å². The fourth-order valence-corrected chi connectivity index (χ4v) is 3.52. The van der Waals surface area contributed by atoms with E-state index in [0.717, 1.165) is 12.8 Å². The number of aryl methyl sites for hydroxylation is 1. The predicted octanol–water partition coefficient (Wildman–Crippen LogP) is 4.99. The number of ether oxygens (including phenoxy) is 3. The first-order chi connectivity index (χ1) is 17.5. The second-order valence-corrected chi connectivity index (χ2v) is 8.06. The molecule has 8 nitrogen and oxygen atoms in total. The highest BCUT2D eigenvalue weighted by Gasteiger charge is 2.13. The van der Waals surface area contributed by atoms with Gasteiger partial charge in [0, 0.05) is 0 Å². The van der Waals surface area contributed by atoms with Crippen molar-refractivity contribution in [3.05, 3.63) is 94.0 Å².